The molecule has 0 aromatic carbocycles. The molecule has 4 nitrogen and oxygen atoms in total. The molecule has 6 heteroatoms. The van der Waals surface area contributed by atoms with Gasteiger partial charge in [-0.05, 0) is 22.0 Å². The fourth-order valence-electron chi connectivity index (χ4n) is 0.611. The molecule has 0 saturated heterocycles. The lowest BCUT2D eigenvalue weighted by Gasteiger charge is -1.84. The van der Waals surface area contributed by atoms with Gasteiger partial charge < -0.3 is 5.73 Å². The van der Waals surface area contributed by atoms with Crippen molar-refractivity contribution in [2.75, 3.05) is 0 Å². The number of rotatable bonds is 2. The summed E-state index contributed by atoms with van der Waals surface area (Å²) in [5.41, 5.74) is 4.76. The number of nitrogens with zero attached hydrogens (tertiary/aromatic N) is 2. The Bertz CT molecular complexity index is 309. The molecular formula is C6H6BrN3OS. The SMILES string of the molecule is NC(=O)N=NCc1cc(Br)cs1. The van der Waals surface area contributed by atoms with Crippen molar-refractivity contribution in [3.63, 3.8) is 0 Å². The molecule has 2 N–H and O–H groups in total. The highest BCUT2D eigenvalue weighted by molar-refractivity contribution is 9.10. The monoisotopic (exact) mass is 247 g/mol. The number of thiophene rings is 1. The minimum absolute atomic E-state index is 0.402. The van der Waals surface area contributed by atoms with E-state index < -0.39 is 6.03 Å². The Kier molecular flexibility index (Phi) is 3.36. The molecule has 0 aliphatic carbocycles. The maximum atomic E-state index is 10.2. The number of hydrogen-bond donors (Lipinski definition) is 1. The van der Waals surface area contributed by atoms with Crippen LogP contribution in [0, 0.1) is 0 Å². The Morgan fingerprint density at radius 3 is 3.00 bits per heavy atom. The average Bonchev–Trinajstić information content (AvgIpc) is 2.35. The summed E-state index contributed by atoms with van der Waals surface area (Å²) >= 11 is 4.85. The molecule has 0 bridgehead atoms. The number of hydrogen-bond acceptors (Lipinski definition) is 3. The number of carbonyl (C=O) groups is 1. The van der Waals surface area contributed by atoms with Crippen molar-refractivity contribution < 1.29 is 4.79 Å². The van der Waals surface area contributed by atoms with Crippen LogP contribution in [0.5, 0.6) is 0 Å². The Labute approximate surface area is 81.6 Å². The van der Waals surface area contributed by atoms with Crippen LogP contribution in [0.3, 0.4) is 0 Å². The summed E-state index contributed by atoms with van der Waals surface area (Å²) in [6, 6.07) is 1.16. The third-order valence-electron chi connectivity index (χ3n) is 1.02. The summed E-state index contributed by atoms with van der Waals surface area (Å²) in [5, 5.41) is 8.72. The van der Waals surface area contributed by atoms with Gasteiger partial charge in [0.05, 0.1) is 6.54 Å². The van der Waals surface area contributed by atoms with E-state index in [0.717, 1.165) is 9.35 Å². The molecule has 0 saturated carbocycles. The van der Waals surface area contributed by atoms with Crippen molar-refractivity contribution in [1.29, 1.82) is 0 Å². The molecule has 2 amide bonds. The molecule has 0 radical (unpaired) electrons. The quantitative estimate of drug-likeness (QED) is 0.803. The highest BCUT2D eigenvalue weighted by Crippen LogP contribution is 2.20. The standard InChI is InChI=1S/C6H6BrN3OS/c7-4-1-5(12-3-4)2-9-10-6(8)11/h1,3H,2H2,(H2,8,11). The van der Waals surface area contributed by atoms with E-state index in [9.17, 15) is 4.79 Å². The molecule has 0 fully saturated rings. The molecule has 1 rings (SSSR count). The van der Waals surface area contributed by atoms with Gasteiger partial charge in [0.2, 0.25) is 0 Å². The van der Waals surface area contributed by atoms with Crippen molar-refractivity contribution in [1.82, 2.24) is 0 Å². The normalized spacial score (nSPS) is 10.8. The maximum Gasteiger partial charge on any atom is 0.356 e. The molecule has 1 heterocycles. The first kappa shape index (κ1) is 9.34. The molecule has 1 aromatic rings. The van der Waals surface area contributed by atoms with E-state index in [1.165, 1.54) is 0 Å². The first-order valence-corrected chi connectivity index (χ1v) is 4.75. The van der Waals surface area contributed by atoms with E-state index >= 15 is 0 Å². The van der Waals surface area contributed by atoms with Crippen molar-refractivity contribution in [2.45, 2.75) is 6.54 Å². The van der Waals surface area contributed by atoms with Gasteiger partial charge in [-0.25, -0.2) is 4.79 Å². The van der Waals surface area contributed by atoms with Crippen LogP contribution in [-0.4, -0.2) is 6.03 Å². The lowest BCUT2D eigenvalue weighted by atomic mass is 10.5. The summed E-state index contributed by atoms with van der Waals surface area (Å²) < 4.78 is 1.01. The van der Waals surface area contributed by atoms with Crippen LogP contribution >= 0.6 is 27.3 Å². The zero-order chi connectivity index (χ0) is 8.97. The number of halogens is 1. The molecule has 0 aliphatic rings. The molecule has 1 aromatic heterocycles. The molecule has 0 aliphatic heterocycles. The number of urea groups is 1. The van der Waals surface area contributed by atoms with Crippen LogP contribution in [0.4, 0.5) is 4.79 Å². The van der Waals surface area contributed by atoms with Gasteiger partial charge in [0, 0.05) is 14.7 Å². The molecule has 0 atom stereocenters. The fraction of sp³-hybridized carbons (Fsp3) is 0.167. The number of carbonyl (C=O) groups excluding carboxylic acids is 1. The van der Waals surface area contributed by atoms with Crippen molar-refractivity contribution in [3.05, 3.63) is 20.8 Å². The summed E-state index contributed by atoms with van der Waals surface area (Å²) in [5.74, 6) is 0. The van der Waals surface area contributed by atoms with Crippen LogP contribution in [0.1, 0.15) is 4.88 Å². The molecule has 0 unspecified atom stereocenters. The Hall–Kier alpha value is -0.750. The third-order valence-corrected chi connectivity index (χ3v) is 2.70. The Morgan fingerprint density at radius 2 is 2.50 bits per heavy atom. The highest BCUT2D eigenvalue weighted by Gasteiger charge is 1.95. The van der Waals surface area contributed by atoms with Gasteiger partial charge in [-0.15, -0.1) is 11.3 Å². The highest BCUT2D eigenvalue weighted by atomic mass is 79.9. The van der Waals surface area contributed by atoms with E-state index in [1.54, 1.807) is 11.3 Å². The van der Waals surface area contributed by atoms with Gasteiger partial charge >= 0.3 is 6.03 Å². The zero-order valence-corrected chi connectivity index (χ0v) is 8.43. The second-order valence-corrected chi connectivity index (χ2v) is 3.88. The Balaban J connectivity index is 2.48. The zero-order valence-electron chi connectivity index (χ0n) is 6.03. The van der Waals surface area contributed by atoms with Crippen molar-refractivity contribution in [3.8, 4) is 0 Å². The first-order chi connectivity index (χ1) is 5.68. The predicted octanol–water partition coefficient (Wildman–Crippen LogP) is 2.54. The smallest absolute Gasteiger partial charge is 0.348 e. The molecule has 0 spiro atoms. The molecular weight excluding hydrogens is 242 g/mol. The summed E-state index contributed by atoms with van der Waals surface area (Å²) in [6.07, 6.45) is 0. The minimum Gasteiger partial charge on any atom is -0.348 e. The first-order valence-electron chi connectivity index (χ1n) is 3.08. The average molecular weight is 248 g/mol. The molecule has 12 heavy (non-hydrogen) atoms. The van der Waals surface area contributed by atoms with Gasteiger partial charge in [-0.2, -0.15) is 5.11 Å². The van der Waals surface area contributed by atoms with Crippen LogP contribution in [-0.2, 0) is 6.54 Å². The van der Waals surface area contributed by atoms with Gasteiger partial charge in [0.1, 0.15) is 0 Å². The van der Waals surface area contributed by atoms with Gasteiger partial charge in [0.25, 0.3) is 0 Å². The summed E-state index contributed by atoms with van der Waals surface area (Å²) in [6.45, 7) is 0.402. The maximum absolute atomic E-state index is 10.2. The van der Waals surface area contributed by atoms with Crippen molar-refractivity contribution in [2.24, 2.45) is 16.0 Å². The third kappa shape index (κ3) is 3.10. The second kappa shape index (κ2) is 4.32. The summed E-state index contributed by atoms with van der Waals surface area (Å²) in [7, 11) is 0. The number of primary amides is 1. The second-order valence-electron chi connectivity index (χ2n) is 1.97. The number of azo groups is 1. The largest absolute Gasteiger partial charge is 0.356 e. The van der Waals surface area contributed by atoms with Gasteiger partial charge in [-0.1, -0.05) is 5.11 Å². The topological polar surface area (TPSA) is 67.8 Å². The van der Waals surface area contributed by atoms with Crippen LogP contribution in [0.25, 0.3) is 0 Å². The number of nitrogens with two attached hydrogens (primary N) is 1. The lowest BCUT2D eigenvalue weighted by molar-refractivity contribution is 0.255. The van der Waals surface area contributed by atoms with E-state index in [4.69, 9.17) is 5.73 Å². The van der Waals surface area contributed by atoms with Gasteiger partial charge in [-0.3, -0.25) is 0 Å². The van der Waals surface area contributed by atoms with Gasteiger partial charge in [0.15, 0.2) is 0 Å². The Morgan fingerprint density at radius 1 is 1.75 bits per heavy atom. The fourth-order valence-corrected chi connectivity index (χ4v) is 1.98. The van der Waals surface area contributed by atoms with Crippen molar-refractivity contribution >= 4 is 33.3 Å². The van der Waals surface area contributed by atoms with Crippen LogP contribution in [0.2, 0.25) is 0 Å². The number of amides is 2. The van der Waals surface area contributed by atoms with Crippen LogP contribution in [0.15, 0.2) is 26.1 Å². The lowest BCUT2D eigenvalue weighted by Crippen LogP contribution is -2.02. The predicted molar refractivity (Wildman–Crippen MR) is 50.2 cm³/mol. The minimum atomic E-state index is -0.759. The van der Waals surface area contributed by atoms with E-state index in [2.05, 4.69) is 26.2 Å². The van der Waals surface area contributed by atoms with E-state index in [1.807, 2.05) is 11.4 Å². The van der Waals surface area contributed by atoms with E-state index in [0.29, 0.717) is 6.54 Å². The summed E-state index contributed by atoms with van der Waals surface area (Å²) in [4.78, 5) is 11.2. The van der Waals surface area contributed by atoms with Crippen LogP contribution < -0.4 is 5.73 Å². The van der Waals surface area contributed by atoms with E-state index in [-0.39, 0.29) is 0 Å². The molecule has 64 valence electrons.